The van der Waals surface area contributed by atoms with Gasteiger partial charge in [-0.25, -0.2) is 8.42 Å². The summed E-state index contributed by atoms with van der Waals surface area (Å²) in [6.45, 7) is 3.25. The van der Waals surface area contributed by atoms with Crippen LogP contribution in [0.2, 0.25) is 0 Å². The fourth-order valence-corrected chi connectivity index (χ4v) is 3.71. The minimum absolute atomic E-state index is 0.0406. The van der Waals surface area contributed by atoms with Crippen LogP contribution in [-0.2, 0) is 21.1 Å². The quantitative estimate of drug-likeness (QED) is 0.308. The van der Waals surface area contributed by atoms with Crippen molar-refractivity contribution in [1.29, 1.82) is 0 Å². The molecule has 1 aromatic heterocycles. The molecule has 166 valence electrons. The van der Waals surface area contributed by atoms with Crippen LogP contribution in [0.3, 0.4) is 0 Å². The van der Waals surface area contributed by atoms with Crippen LogP contribution in [0, 0.1) is 10.1 Å². The molecule has 11 heteroatoms. The summed E-state index contributed by atoms with van der Waals surface area (Å²) in [6, 6.07) is 12.0. The van der Waals surface area contributed by atoms with Crippen molar-refractivity contribution in [2.75, 3.05) is 5.32 Å². The molecule has 0 spiro atoms. The van der Waals surface area contributed by atoms with E-state index in [1.165, 1.54) is 48.6 Å². The average molecular weight is 456 g/mol. The fraction of sp³-hybridized carbons (Fsp3) is 0.190. The molecule has 32 heavy (non-hydrogen) atoms. The van der Waals surface area contributed by atoms with Crippen molar-refractivity contribution >= 4 is 33.5 Å². The molecule has 3 aromatic rings. The Morgan fingerprint density at radius 2 is 1.78 bits per heavy atom. The number of carbonyl (C=O) groups excluding carboxylic acids is 1. The second kappa shape index (κ2) is 9.52. The van der Waals surface area contributed by atoms with Gasteiger partial charge >= 0.3 is 6.01 Å². The molecule has 0 aliphatic rings. The zero-order valence-electron chi connectivity index (χ0n) is 17.3. The number of aromatic nitrogens is 2. The lowest BCUT2D eigenvalue weighted by Gasteiger charge is -2.08. The molecule has 0 bridgehead atoms. The number of rotatable bonds is 8. The van der Waals surface area contributed by atoms with E-state index in [4.69, 9.17) is 4.42 Å². The maximum Gasteiger partial charge on any atom is 0.322 e. The Bertz CT molecular complexity index is 1250. The molecule has 1 N–H and O–H groups in total. The number of nitrogens with one attached hydrogen (secondary N) is 1. The average Bonchev–Trinajstić information content (AvgIpc) is 3.19. The van der Waals surface area contributed by atoms with E-state index in [0.29, 0.717) is 5.56 Å². The highest BCUT2D eigenvalue weighted by Crippen LogP contribution is 2.18. The molecule has 0 aliphatic carbocycles. The number of nitro benzene ring substituents is 1. The van der Waals surface area contributed by atoms with Crippen molar-refractivity contribution in [1.82, 2.24) is 10.2 Å². The lowest BCUT2D eigenvalue weighted by atomic mass is 10.1. The molecule has 0 radical (unpaired) electrons. The SMILES string of the molecule is CC(C)S(=O)(=O)c1ccc(Cc2nnc(NC(=O)C=Cc3ccc([N+](=O)[O-])cc3)o2)cc1. The fourth-order valence-electron chi connectivity index (χ4n) is 2.65. The largest absolute Gasteiger partial charge is 0.407 e. The van der Waals surface area contributed by atoms with Crippen molar-refractivity contribution in [2.45, 2.75) is 30.4 Å². The third-order valence-electron chi connectivity index (χ3n) is 4.46. The second-order valence-corrected chi connectivity index (χ2v) is 9.59. The van der Waals surface area contributed by atoms with E-state index in [2.05, 4.69) is 15.5 Å². The van der Waals surface area contributed by atoms with Crippen molar-refractivity contribution in [3.05, 3.63) is 81.7 Å². The van der Waals surface area contributed by atoms with Crippen LogP contribution in [0.25, 0.3) is 6.08 Å². The van der Waals surface area contributed by atoms with Crippen LogP contribution in [0.5, 0.6) is 0 Å². The summed E-state index contributed by atoms with van der Waals surface area (Å²) >= 11 is 0. The van der Waals surface area contributed by atoms with Gasteiger partial charge in [0.25, 0.3) is 11.6 Å². The molecular weight excluding hydrogens is 436 g/mol. The number of hydrogen-bond acceptors (Lipinski definition) is 8. The maximum atomic E-state index is 12.2. The first-order valence-electron chi connectivity index (χ1n) is 9.54. The third-order valence-corrected chi connectivity index (χ3v) is 6.63. The number of carbonyl (C=O) groups is 1. The van der Waals surface area contributed by atoms with Crippen LogP contribution in [0.1, 0.15) is 30.9 Å². The van der Waals surface area contributed by atoms with Gasteiger partial charge < -0.3 is 4.42 Å². The molecule has 0 unspecified atom stereocenters. The normalized spacial score (nSPS) is 11.7. The Labute approximate surface area is 184 Å². The van der Waals surface area contributed by atoms with Crippen LogP contribution in [-0.4, -0.2) is 34.7 Å². The Morgan fingerprint density at radius 1 is 1.12 bits per heavy atom. The van der Waals surface area contributed by atoms with Crippen LogP contribution < -0.4 is 5.32 Å². The van der Waals surface area contributed by atoms with Crippen LogP contribution >= 0.6 is 0 Å². The lowest BCUT2D eigenvalue weighted by molar-refractivity contribution is -0.384. The van der Waals surface area contributed by atoms with Gasteiger partial charge in [-0.05, 0) is 55.3 Å². The Hall–Kier alpha value is -3.86. The van der Waals surface area contributed by atoms with Gasteiger partial charge in [0.2, 0.25) is 5.89 Å². The zero-order chi connectivity index (χ0) is 23.3. The second-order valence-electron chi connectivity index (χ2n) is 7.09. The van der Waals surface area contributed by atoms with E-state index < -0.39 is 25.9 Å². The van der Waals surface area contributed by atoms with Gasteiger partial charge in [0, 0.05) is 18.2 Å². The molecule has 0 saturated carbocycles. The van der Waals surface area contributed by atoms with Gasteiger partial charge in [-0.3, -0.25) is 20.2 Å². The number of benzene rings is 2. The van der Waals surface area contributed by atoms with E-state index in [9.17, 15) is 23.3 Å². The first kappa shape index (κ1) is 22.8. The van der Waals surface area contributed by atoms with Crippen molar-refractivity contribution in [2.24, 2.45) is 0 Å². The molecule has 1 amide bonds. The maximum absolute atomic E-state index is 12.2. The summed E-state index contributed by atoms with van der Waals surface area (Å²) in [6.07, 6.45) is 2.99. The van der Waals surface area contributed by atoms with E-state index in [1.807, 2.05) is 0 Å². The highest BCUT2D eigenvalue weighted by molar-refractivity contribution is 7.92. The molecule has 1 heterocycles. The van der Waals surface area contributed by atoms with E-state index >= 15 is 0 Å². The van der Waals surface area contributed by atoms with Crippen LogP contribution in [0.15, 0.2) is 63.9 Å². The van der Waals surface area contributed by atoms with Crippen molar-refractivity contribution < 1.29 is 22.6 Å². The molecule has 2 aromatic carbocycles. The molecule has 0 aliphatic heterocycles. The van der Waals surface area contributed by atoms with Gasteiger partial charge in [-0.15, -0.1) is 5.10 Å². The van der Waals surface area contributed by atoms with E-state index in [0.717, 1.165) is 5.56 Å². The van der Waals surface area contributed by atoms with Crippen LogP contribution in [0.4, 0.5) is 11.7 Å². The predicted molar refractivity (Wildman–Crippen MR) is 117 cm³/mol. The molecule has 3 rings (SSSR count). The van der Waals surface area contributed by atoms with Gasteiger partial charge in [-0.1, -0.05) is 17.2 Å². The number of sulfone groups is 1. The van der Waals surface area contributed by atoms with Gasteiger partial charge in [0.15, 0.2) is 9.84 Å². The summed E-state index contributed by atoms with van der Waals surface area (Å²) in [5.41, 5.74) is 1.34. The minimum atomic E-state index is -3.34. The first-order valence-corrected chi connectivity index (χ1v) is 11.1. The number of nitro groups is 1. The van der Waals surface area contributed by atoms with Crippen molar-refractivity contribution in [3.8, 4) is 0 Å². The van der Waals surface area contributed by atoms with Gasteiger partial charge in [0.05, 0.1) is 21.5 Å². The Balaban J connectivity index is 1.58. The summed E-state index contributed by atoms with van der Waals surface area (Å²) in [7, 11) is -3.34. The summed E-state index contributed by atoms with van der Waals surface area (Å²) < 4.78 is 29.8. The van der Waals surface area contributed by atoms with Crippen molar-refractivity contribution in [3.63, 3.8) is 0 Å². The molecule has 0 atom stereocenters. The van der Waals surface area contributed by atoms with Gasteiger partial charge in [0.1, 0.15) is 0 Å². The van der Waals surface area contributed by atoms with Gasteiger partial charge in [-0.2, -0.15) is 0 Å². The minimum Gasteiger partial charge on any atom is -0.407 e. The topological polar surface area (TPSA) is 145 Å². The van der Waals surface area contributed by atoms with E-state index in [1.54, 1.807) is 26.0 Å². The number of amides is 1. The Morgan fingerprint density at radius 3 is 2.38 bits per heavy atom. The number of nitrogens with zero attached hydrogens (tertiary/aromatic N) is 3. The highest BCUT2D eigenvalue weighted by Gasteiger charge is 2.19. The smallest absolute Gasteiger partial charge is 0.322 e. The third kappa shape index (κ3) is 5.64. The molecule has 0 saturated heterocycles. The summed E-state index contributed by atoms with van der Waals surface area (Å²) in [5, 5.41) is 20.2. The predicted octanol–water partition coefficient (Wildman–Crippen LogP) is 3.40. The highest BCUT2D eigenvalue weighted by atomic mass is 32.2. The summed E-state index contributed by atoms with van der Waals surface area (Å²) in [4.78, 5) is 22.4. The summed E-state index contributed by atoms with van der Waals surface area (Å²) in [5.74, 6) is -0.263. The number of anilines is 1. The molecule has 0 fully saturated rings. The monoisotopic (exact) mass is 456 g/mol. The lowest BCUT2D eigenvalue weighted by Crippen LogP contribution is -2.13. The first-order chi connectivity index (χ1) is 15.1. The molecular formula is C21H20N4O6S. The zero-order valence-corrected chi connectivity index (χ0v) is 18.1. The molecule has 10 nitrogen and oxygen atoms in total. The Kier molecular flexibility index (Phi) is 6.79. The number of hydrogen-bond donors (Lipinski definition) is 1. The standard InChI is InChI=1S/C21H20N4O6S/c1-14(2)32(29,30)18-10-5-16(6-11-18)13-20-23-24-21(31-20)22-19(26)12-7-15-3-8-17(9-4-15)25(27)28/h3-12,14H,13H2,1-2H3,(H,22,24,26). The van der Waals surface area contributed by atoms with E-state index in [-0.39, 0.29) is 28.9 Å². The number of non-ortho nitro benzene ring substituents is 1.